The van der Waals surface area contributed by atoms with Gasteiger partial charge in [-0.25, -0.2) is 0 Å². The fourth-order valence-corrected chi connectivity index (χ4v) is 6.63. The first kappa shape index (κ1) is 23.3. The molecule has 0 spiro atoms. The van der Waals surface area contributed by atoms with Crippen molar-refractivity contribution in [1.29, 1.82) is 0 Å². The second kappa shape index (κ2) is 10.7. The van der Waals surface area contributed by atoms with E-state index in [1.807, 2.05) is 36.4 Å². The number of hydrogen-bond donors (Lipinski definition) is 0. The highest BCUT2D eigenvalue weighted by molar-refractivity contribution is 7.53. The van der Waals surface area contributed by atoms with E-state index in [1.54, 1.807) is 27.7 Å². The monoisotopic (exact) mass is 428 g/mol. The predicted molar refractivity (Wildman–Crippen MR) is 113 cm³/mol. The van der Waals surface area contributed by atoms with Gasteiger partial charge in [0.15, 0.2) is 0 Å². The molecule has 0 fully saturated rings. The lowest BCUT2D eigenvalue weighted by atomic mass is 10.0. The van der Waals surface area contributed by atoms with E-state index in [0.717, 1.165) is 21.9 Å². The fraction of sp³-hybridized carbons (Fsp3) is 0.500. The van der Waals surface area contributed by atoms with E-state index in [-0.39, 0.29) is 12.3 Å². The van der Waals surface area contributed by atoms with Crippen molar-refractivity contribution in [2.24, 2.45) is 0 Å². The minimum absolute atomic E-state index is 0.185. The summed E-state index contributed by atoms with van der Waals surface area (Å²) in [5, 5.41) is 1.86. The van der Waals surface area contributed by atoms with E-state index in [9.17, 15) is 9.13 Å². The molecule has 0 bridgehead atoms. The van der Waals surface area contributed by atoms with E-state index < -0.39 is 15.2 Å². The smallest absolute Gasteiger partial charge is 0.309 e. The van der Waals surface area contributed by atoms with Gasteiger partial charge in [0.05, 0.1) is 38.8 Å². The Morgan fingerprint density at radius 3 is 1.21 bits per heavy atom. The molecule has 2 rings (SSSR count). The topological polar surface area (TPSA) is 71.1 Å². The summed E-state index contributed by atoms with van der Waals surface area (Å²) in [5.74, 6) is 0. The number of rotatable bonds is 12. The summed E-state index contributed by atoms with van der Waals surface area (Å²) < 4.78 is 47.7. The molecule has 0 radical (unpaired) electrons. The minimum Gasteiger partial charge on any atom is -0.309 e. The van der Waals surface area contributed by atoms with Crippen LogP contribution in [0.4, 0.5) is 0 Å². The third kappa shape index (κ3) is 6.00. The van der Waals surface area contributed by atoms with Gasteiger partial charge in [-0.05, 0) is 49.6 Å². The molecule has 0 saturated heterocycles. The molecule has 2 aromatic carbocycles. The summed E-state index contributed by atoms with van der Waals surface area (Å²) in [6, 6.07) is 11.6. The van der Waals surface area contributed by atoms with E-state index >= 15 is 0 Å². The van der Waals surface area contributed by atoms with Crippen LogP contribution in [0.15, 0.2) is 36.4 Å². The molecule has 0 unspecified atom stereocenters. The Hall–Kier alpha value is -1.00. The van der Waals surface area contributed by atoms with Crippen LogP contribution in [0.3, 0.4) is 0 Å². The molecule has 0 heterocycles. The van der Waals surface area contributed by atoms with Gasteiger partial charge >= 0.3 is 15.2 Å². The van der Waals surface area contributed by atoms with Crippen molar-refractivity contribution < 1.29 is 27.2 Å². The largest absolute Gasteiger partial charge is 0.335 e. The third-order valence-electron chi connectivity index (χ3n) is 4.14. The Kier molecular flexibility index (Phi) is 8.88. The van der Waals surface area contributed by atoms with Crippen molar-refractivity contribution in [3.05, 3.63) is 47.5 Å². The molecule has 0 amide bonds. The van der Waals surface area contributed by atoms with Crippen molar-refractivity contribution in [3.8, 4) is 0 Å². The Morgan fingerprint density at radius 2 is 0.929 bits per heavy atom. The third-order valence-corrected chi connectivity index (χ3v) is 8.20. The lowest BCUT2D eigenvalue weighted by Gasteiger charge is -2.20. The Morgan fingerprint density at radius 1 is 0.607 bits per heavy atom. The quantitative estimate of drug-likeness (QED) is 0.366. The molecule has 0 aliphatic rings. The van der Waals surface area contributed by atoms with Crippen LogP contribution in [-0.2, 0) is 39.5 Å². The zero-order valence-corrected chi connectivity index (χ0v) is 18.8. The molecule has 0 N–H and O–H groups in total. The van der Waals surface area contributed by atoms with Crippen molar-refractivity contribution in [1.82, 2.24) is 0 Å². The number of benzene rings is 2. The van der Waals surface area contributed by atoms with E-state index in [1.165, 1.54) is 0 Å². The van der Waals surface area contributed by atoms with Crippen LogP contribution in [0.1, 0.15) is 38.8 Å². The van der Waals surface area contributed by atoms with E-state index in [2.05, 4.69) is 0 Å². The lowest BCUT2D eigenvalue weighted by Crippen LogP contribution is -2.02. The molecule has 6 nitrogen and oxygen atoms in total. The standard InChI is InChI=1S/C20H30O6P2/c1-5-23-27(21,24-6-2)15-17-13-14-18(20-12-10-9-11-19(17)20)16-28(22,25-7-3)26-8-4/h9-14H,5-8,15-16H2,1-4H3. The summed E-state index contributed by atoms with van der Waals surface area (Å²) in [4.78, 5) is 0. The highest BCUT2D eigenvalue weighted by Crippen LogP contribution is 2.54. The van der Waals surface area contributed by atoms with Gasteiger partial charge in [-0.2, -0.15) is 0 Å². The van der Waals surface area contributed by atoms with Crippen molar-refractivity contribution in [3.63, 3.8) is 0 Å². The summed E-state index contributed by atoms with van der Waals surface area (Å²) in [6.45, 7) is 8.46. The maximum atomic E-state index is 13.0. The first-order valence-corrected chi connectivity index (χ1v) is 13.1. The minimum atomic E-state index is -3.23. The Balaban J connectivity index is 2.45. The molecule has 2 aromatic rings. The van der Waals surface area contributed by atoms with Crippen LogP contribution < -0.4 is 0 Å². The maximum Gasteiger partial charge on any atom is 0.335 e. The lowest BCUT2D eigenvalue weighted by molar-refractivity contribution is 0.218. The van der Waals surface area contributed by atoms with Crippen molar-refractivity contribution in [2.45, 2.75) is 40.0 Å². The van der Waals surface area contributed by atoms with Crippen LogP contribution in [0.25, 0.3) is 10.8 Å². The molecule has 0 saturated carbocycles. The first-order valence-electron chi connectivity index (χ1n) is 9.66. The van der Waals surface area contributed by atoms with Gasteiger partial charge in [-0.1, -0.05) is 36.4 Å². The van der Waals surface area contributed by atoms with Crippen LogP contribution in [0, 0.1) is 0 Å². The molecule has 0 aliphatic heterocycles. The molecule has 0 atom stereocenters. The van der Waals surface area contributed by atoms with Crippen molar-refractivity contribution in [2.75, 3.05) is 26.4 Å². The highest BCUT2D eigenvalue weighted by atomic mass is 31.2. The van der Waals surface area contributed by atoms with Crippen molar-refractivity contribution >= 4 is 26.0 Å². The normalized spacial score (nSPS) is 12.6. The van der Waals surface area contributed by atoms with Gasteiger partial charge in [-0.3, -0.25) is 9.13 Å². The van der Waals surface area contributed by atoms with E-state index in [0.29, 0.717) is 26.4 Å². The summed E-state index contributed by atoms with van der Waals surface area (Å²) in [6.07, 6.45) is 0.369. The molecule has 8 heteroatoms. The maximum absolute atomic E-state index is 13.0. The Labute approximate surface area is 167 Å². The first-order chi connectivity index (χ1) is 13.4. The molecule has 156 valence electrons. The highest BCUT2D eigenvalue weighted by Gasteiger charge is 2.28. The van der Waals surface area contributed by atoms with Gasteiger partial charge in [0, 0.05) is 0 Å². The summed E-state index contributed by atoms with van der Waals surface area (Å²) in [7, 11) is -6.45. The Bertz CT molecular complexity index is 776. The average molecular weight is 428 g/mol. The van der Waals surface area contributed by atoms with Gasteiger partial charge < -0.3 is 18.1 Å². The van der Waals surface area contributed by atoms with Crippen LogP contribution in [-0.4, -0.2) is 26.4 Å². The van der Waals surface area contributed by atoms with Crippen LogP contribution >= 0.6 is 15.2 Å². The number of hydrogen-bond acceptors (Lipinski definition) is 6. The average Bonchev–Trinajstić information content (AvgIpc) is 2.64. The molecule has 0 aliphatic carbocycles. The van der Waals surface area contributed by atoms with E-state index in [4.69, 9.17) is 18.1 Å². The summed E-state index contributed by atoms with van der Waals surface area (Å²) in [5.41, 5.74) is 1.74. The number of fused-ring (bicyclic) bond motifs is 1. The molecular formula is C20H30O6P2. The van der Waals surface area contributed by atoms with Crippen LogP contribution in [0.5, 0.6) is 0 Å². The predicted octanol–water partition coefficient (Wildman–Crippen LogP) is 6.37. The SMILES string of the molecule is CCOP(=O)(Cc1ccc(CP(=O)(OCC)OCC)c2ccccc12)OCC. The molecular weight excluding hydrogens is 398 g/mol. The molecule has 0 aromatic heterocycles. The fourth-order valence-electron chi connectivity index (χ4n) is 3.16. The van der Waals surface area contributed by atoms with Gasteiger partial charge in [-0.15, -0.1) is 0 Å². The molecule has 28 heavy (non-hydrogen) atoms. The van der Waals surface area contributed by atoms with Gasteiger partial charge in [0.1, 0.15) is 0 Å². The van der Waals surface area contributed by atoms with Crippen LogP contribution in [0.2, 0.25) is 0 Å². The second-order valence-electron chi connectivity index (χ2n) is 6.14. The van der Waals surface area contributed by atoms with Gasteiger partial charge in [0.25, 0.3) is 0 Å². The second-order valence-corrected chi connectivity index (χ2v) is 10.2. The summed E-state index contributed by atoms with van der Waals surface area (Å²) >= 11 is 0. The zero-order chi connectivity index (χ0) is 20.6. The van der Waals surface area contributed by atoms with Gasteiger partial charge in [0.2, 0.25) is 0 Å². The zero-order valence-electron chi connectivity index (χ0n) is 17.1.